The Morgan fingerprint density at radius 1 is 1.42 bits per heavy atom. The average molecular weight is 263 g/mol. The van der Waals surface area contributed by atoms with Crippen molar-refractivity contribution >= 4 is 23.4 Å². The van der Waals surface area contributed by atoms with Gasteiger partial charge in [-0.05, 0) is 12.1 Å². The molecule has 0 spiro atoms. The van der Waals surface area contributed by atoms with Crippen LogP contribution in [0, 0.1) is 5.82 Å². The highest BCUT2D eigenvalue weighted by molar-refractivity contribution is 6.06. The van der Waals surface area contributed by atoms with Gasteiger partial charge < -0.3 is 5.32 Å². The minimum atomic E-state index is -0.667. The fourth-order valence-electron chi connectivity index (χ4n) is 1.94. The third-order valence-corrected chi connectivity index (χ3v) is 2.98. The highest BCUT2D eigenvalue weighted by Gasteiger charge is 2.36. The Labute approximate surface area is 107 Å². The van der Waals surface area contributed by atoms with Gasteiger partial charge in [0.15, 0.2) is 5.65 Å². The van der Waals surface area contributed by atoms with E-state index in [9.17, 15) is 14.0 Å². The second-order valence-electron chi connectivity index (χ2n) is 4.28. The molecule has 2 aromatic rings. The predicted octanol–water partition coefficient (Wildman–Crippen LogP) is 0.0376. The molecule has 19 heavy (non-hydrogen) atoms. The number of carbonyl (C=O) groups is 2. The number of nitrogens with one attached hydrogen (secondary N) is 1. The van der Waals surface area contributed by atoms with Crippen LogP contribution in [0.3, 0.4) is 0 Å². The summed E-state index contributed by atoms with van der Waals surface area (Å²) in [5.41, 5.74) is 0.453. The van der Waals surface area contributed by atoms with E-state index in [4.69, 9.17) is 0 Å². The van der Waals surface area contributed by atoms with Crippen molar-refractivity contribution in [3.63, 3.8) is 0 Å². The number of likely N-dealkylation sites (N-methyl/N-ethyl adjacent to an activating group) is 1. The van der Waals surface area contributed by atoms with Gasteiger partial charge in [0.1, 0.15) is 11.9 Å². The highest BCUT2D eigenvalue weighted by Crippen LogP contribution is 2.15. The quantitative estimate of drug-likeness (QED) is 0.774. The number of aromatic nitrogens is 3. The molecule has 0 bridgehead atoms. The van der Waals surface area contributed by atoms with Gasteiger partial charge in [0, 0.05) is 7.05 Å². The van der Waals surface area contributed by atoms with E-state index in [2.05, 4.69) is 15.4 Å². The summed E-state index contributed by atoms with van der Waals surface area (Å²) in [6.45, 7) is 0. The third-order valence-electron chi connectivity index (χ3n) is 2.98. The van der Waals surface area contributed by atoms with Crippen molar-refractivity contribution in [2.75, 3.05) is 12.4 Å². The number of nitrogens with zero attached hydrogens (tertiary/aromatic N) is 4. The first-order valence-electron chi connectivity index (χ1n) is 5.63. The Balaban J connectivity index is 1.86. The Bertz CT molecular complexity index is 683. The first-order valence-corrected chi connectivity index (χ1v) is 5.63. The number of imide groups is 1. The van der Waals surface area contributed by atoms with Gasteiger partial charge in [-0.3, -0.25) is 14.5 Å². The van der Waals surface area contributed by atoms with Crippen LogP contribution in [0.25, 0.3) is 5.65 Å². The Hall–Kier alpha value is -2.51. The summed E-state index contributed by atoms with van der Waals surface area (Å²) in [6.07, 6.45) is 1.25. The second-order valence-corrected chi connectivity index (χ2v) is 4.28. The summed E-state index contributed by atoms with van der Waals surface area (Å²) in [5, 5.41) is 6.78. The van der Waals surface area contributed by atoms with Crippen molar-refractivity contribution in [3.05, 3.63) is 24.1 Å². The molecule has 3 heterocycles. The molecule has 1 aliphatic heterocycles. The van der Waals surface area contributed by atoms with Gasteiger partial charge in [-0.2, -0.15) is 4.98 Å². The molecule has 8 heteroatoms. The first kappa shape index (κ1) is 11.6. The van der Waals surface area contributed by atoms with E-state index in [0.717, 1.165) is 4.90 Å². The molecular weight excluding hydrogens is 253 g/mol. The first-order chi connectivity index (χ1) is 9.04. The van der Waals surface area contributed by atoms with Crippen LogP contribution in [0.1, 0.15) is 6.42 Å². The Morgan fingerprint density at radius 3 is 2.89 bits per heavy atom. The molecule has 0 saturated carbocycles. The van der Waals surface area contributed by atoms with E-state index in [-0.39, 0.29) is 24.2 Å². The molecule has 1 saturated heterocycles. The number of likely N-dealkylation sites (tertiary alicyclic amines) is 1. The minimum absolute atomic E-state index is 0.0687. The summed E-state index contributed by atoms with van der Waals surface area (Å²) in [7, 11) is 1.43. The SMILES string of the molecule is CN1C(=O)CC(Nc2nc3ccc(F)cn3n2)C1=O. The molecule has 0 aromatic carbocycles. The number of anilines is 1. The van der Waals surface area contributed by atoms with Crippen LogP contribution < -0.4 is 5.32 Å². The molecule has 2 amide bonds. The maximum atomic E-state index is 13.0. The molecule has 1 fully saturated rings. The Morgan fingerprint density at radius 2 is 2.21 bits per heavy atom. The van der Waals surface area contributed by atoms with E-state index in [0.29, 0.717) is 5.65 Å². The van der Waals surface area contributed by atoms with E-state index < -0.39 is 11.9 Å². The van der Waals surface area contributed by atoms with Gasteiger partial charge in [-0.1, -0.05) is 0 Å². The van der Waals surface area contributed by atoms with Gasteiger partial charge in [-0.15, -0.1) is 5.10 Å². The average Bonchev–Trinajstić information content (AvgIpc) is 2.86. The molecule has 0 aliphatic carbocycles. The lowest BCUT2D eigenvalue weighted by molar-refractivity contribution is -0.136. The van der Waals surface area contributed by atoms with E-state index in [1.807, 2.05) is 0 Å². The lowest BCUT2D eigenvalue weighted by Gasteiger charge is -2.08. The molecule has 1 aliphatic rings. The normalized spacial score (nSPS) is 19.5. The number of hydrogen-bond acceptors (Lipinski definition) is 5. The lowest BCUT2D eigenvalue weighted by Crippen LogP contribution is -2.32. The number of pyridine rings is 1. The van der Waals surface area contributed by atoms with Crippen LogP contribution in [0.2, 0.25) is 0 Å². The zero-order valence-corrected chi connectivity index (χ0v) is 10.00. The molecule has 0 radical (unpaired) electrons. The zero-order valence-electron chi connectivity index (χ0n) is 10.00. The summed E-state index contributed by atoms with van der Waals surface area (Å²) in [6, 6.07) is 2.08. The second kappa shape index (κ2) is 4.01. The number of amides is 2. The van der Waals surface area contributed by atoms with Crippen LogP contribution in [0.4, 0.5) is 10.3 Å². The fraction of sp³-hybridized carbons (Fsp3) is 0.273. The van der Waals surface area contributed by atoms with Crippen LogP contribution in [0.5, 0.6) is 0 Å². The zero-order chi connectivity index (χ0) is 13.6. The van der Waals surface area contributed by atoms with Gasteiger partial charge in [0.25, 0.3) is 5.91 Å². The van der Waals surface area contributed by atoms with Crippen molar-refractivity contribution in [2.45, 2.75) is 12.5 Å². The molecule has 7 nitrogen and oxygen atoms in total. The van der Waals surface area contributed by atoms with E-state index >= 15 is 0 Å². The summed E-state index contributed by atoms with van der Waals surface area (Å²) in [4.78, 5) is 28.2. The monoisotopic (exact) mass is 263 g/mol. The van der Waals surface area contributed by atoms with Crippen LogP contribution >= 0.6 is 0 Å². The molecule has 3 rings (SSSR count). The molecule has 1 unspecified atom stereocenters. The van der Waals surface area contributed by atoms with Crippen molar-refractivity contribution in [3.8, 4) is 0 Å². The fourth-order valence-corrected chi connectivity index (χ4v) is 1.94. The van der Waals surface area contributed by atoms with Gasteiger partial charge in [0.05, 0.1) is 12.6 Å². The maximum absolute atomic E-state index is 13.0. The van der Waals surface area contributed by atoms with Gasteiger partial charge >= 0.3 is 0 Å². The largest absolute Gasteiger partial charge is 0.341 e. The molecule has 98 valence electrons. The van der Waals surface area contributed by atoms with Crippen LogP contribution in [-0.2, 0) is 9.59 Å². The maximum Gasteiger partial charge on any atom is 0.252 e. The third kappa shape index (κ3) is 1.90. The van der Waals surface area contributed by atoms with Gasteiger partial charge in [0.2, 0.25) is 11.9 Å². The molecule has 2 aromatic heterocycles. The van der Waals surface area contributed by atoms with E-state index in [1.54, 1.807) is 0 Å². The number of halogens is 1. The number of fused-ring (bicyclic) bond motifs is 1. The Kier molecular flexibility index (Phi) is 2.44. The van der Waals surface area contributed by atoms with Gasteiger partial charge in [-0.25, -0.2) is 8.91 Å². The highest BCUT2D eigenvalue weighted by atomic mass is 19.1. The van der Waals surface area contributed by atoms with Crippen molar-refractivity contribution in [1.82, 2.24) is 19.5 Å². The van der Waals surface area contributed by atoms with Crippen molar-refractivity contribution in [1.29, 1.82) is 0 Å². The number of rotatable bonds is 2. The van der Waals surface area contributed by atoms with Crippen LogP contribution in [0.15, 0.2) is 18.3 Å². The van der Waals surface area contributed by atoms with Crippen molar-refractivity contribution in [2.24, 2.45) is 0 Å². The van der Waals surface area contributed by atoms with Crippen LogP contribution in [-0.4, -0.2) is 44.4 Å². The smallest absolute Gasteiger partial charge is 0.252 e. The topological polar surface area (TPSA) is 79.6 Å². The summed E-state index contributed by atoms with van der Waals surface area (Å²) >= 11 is 0. The van der Waals surface area contributed by atoms with Crippen molar-refractivity contribution < 1.29 is 14.0 Å². The van der Waals surface area contributed by atoms with E-state index in [1.165, 1.54) is 29.9 Å². The molecule has 1 atom stereocenters. The predicted molar refractivity (Wildman–Crippen MR) is 62.7 cm³/mol. The molecule has 1 N–H and O–H groups in total. The lowest BCUT2D eigenvalue weighted by atomic mass is 10.2. The number of hydrogen-bond donors (Lipinski definition) is 1. The number of carbonyl (C=O) groups excluding carboxylic acids is 2. The standard InChI is InChI=1S/C11H10FN5O2/c1-16-9(18)4-7(10(16)19)13-11-14-8-3-2-6(12)5-17(8)15-11/h2-3,5,7H,4H2,1H3,(H,13,15). The summed E-state index contributed by atoms with van der Waals surface area (Å²) in [5.74, 6) is -0.824. The minimum Gasteiger partial charge on any atom is -0.341 e. The molecular formula is C11H10FN5O2. The summed E-state index contributed by atoms with van der Waals surface area (Å²) < 4.78 is 14.3.